The number of anilines is 1. The Morgan fingerprint density at radius 2 is 1.73 bits per heavy atom. The Bertz CT molecular complexity index is 735. The molecule has 1 aromatic heterocycles. The number of hydrogen-bond donors (Lipinski definition) is 1. The van der Waals surface area contributed by atoms with Gasteiger partial charge in [0.2, 0.25) is 0 Å². The highest BCUT2D eigenvalue weighted by Crippen LogP contribution is 2.29. The molecule has 22 heavy (non-hydrogen) atoms. The third-order valence-corrected chi connectivity index (χ3v) is 3.03. The second-order valence-corrected chi connectivity index (χ2v) is 4.71. The summed E-state index contributed by atoms with van der Waals surface area (Å²) in [6.45, 7) is 3.04. The Balaban J connectivity index is 2.25. The summed E-state index contributed by atoms with van der Waals surface area (Å²) >= 11 is 0. The van der Waals surface area contributed by atoms with Crippen molar-refractivity contribution in [1.29, 1.82) is 0 Å². The van der Waals surface area contributed by atoms with Crippen LogP contribution in [0.15, 0.2) is 39.5 Å². The van der Waals surface area contributed by atoms with Crippen molar-refractivity contribution in [3.63, 3.8) is 0 Å². The van der Waals surface area contributed by atoms with Gasteiger partial charge in [-0.2, -0.15) is 13.2 Å². The van der Waals surface area contributed by atoms with Crippen LogP contribution in [-0.4, -0.2) is 5.91 Å². The molecule has 0 radical (unpaired) electrons. The summed E-state index contributed by atoms with van der Waals surface area (Å²) in [5.41, 5.74) is -0.551. The molecule has 0 unspecified atom stereocenters. The molecule has 4 nitrogen and oxygen atoms in total. The van der Waals surface area contributed by atoms with Crippen LogP contribution in [0, 0.1) is 13.8 Å². The van der Waals surface area contributed by atoms with E-state index in [-0.39, 0.29) is 17.0 Å². The SMILES string of the molecule is Cc1cc(=O)oc(C)c1C(=O)Nc1ccc(C(F)(F)F)cc1. The molecule has 0 bridgehead atoms. The lowest BCUT2D eigenvalue weighted by molar-refractivity contribution is -0.137. The largest absolute Gasteiger partial charge is 0.427 e. The number of aryl methyl sites for hydroxylation is 2. The minimum absolute atomic E-state index is 0.148. The highest BCUT2D eigenvalue weighted by Gasteiger charge is 2.30. The fourth-order valence-corrected chi connectivity index (χ4v) is 2.03. The zero-order valence-corrected chi connectivity index (χ0v) is 11.7. The molecular weight excluding hydrogens is 299 g/mol. The maximum absolute atomic E-state index is 12.5. The quantitative estimate of drug-likeness (QED) is 0.923. The van der Waals surface area contributed by atoms with Crippen molar-refractivity contribution in [2.45, 2.75) is 20.0 Å². The lowest BCUT2D eigenvalue weighted by atomic mass is 10.1. The van der Waals surface area contributed by atoms with E-state index in [9.17, 15) is 22.8 Å². The van der Waals surface area contributed by atoms with Crippen molar-refractivity contribution < 1.29 is 22.4 Å². The minimum Gasteiger partial charge on any atom is -0.427 e. The van der Waals surface area contributed by atoms with Crippen LogP contribution in [0.5, 0.6) is 0 Å². The topological polar surface area (TPSA) is 59.3 Å². The van der Waals surface area contributed by atoms with E-state index in [2.05, 4.69) is 5.32 Å². The van der Waals surface area contributed by atoms with Crippen LogP contribution in [0.3, 0.4) is 0 Å². The van der Waals surface area contributed by atoms with Gasteiger partial charge in [0, 0.05) is 11.8 Å². The third kappa shape index (κ3) is 3.36. The van der Waals surface area contributed by atoms with Crippen LogP contribution in [0.1, 0.15) is 27.2 Å². The second kappa shape index (κ2) is 5.67. The number of nitrogens with one attached hydrogen (secondary N) is 1. The molecular formula is C15H12F3NO3. The van der Waals surface area contributed by atoms with E-state index in [1.165, 1.54) is 13.0 Å². The Kier molecular flexibility index (Phi) is 4.07. The van der Waals surface area contributed by atoms with Crippen LogP contribution in [0.25, 0.3) is 0 Å². The zero-order valence-electron chi connectivity index (χ0n) is 11.7. The van der Waals surface area contributed by atoms with E-state index in [1.807, 2.05) is 0 Å². The first kappa shape index (κ1) is 15.8. The molecule has 0 saturated heterocycles. The van der Waals surface area contributed by atoms with E-state index in [0.29, 0.717) is 5.56 Å². The summed E-state index contributed by atoms with van der Waals surface area (Å²) in [7, 11) is 0. The second-order valence-electron chi connectivity index (χ2n) is 4.71. The van der Waals surface area contributed by atoms with Gasteiger partial charge in [-0.3, -0.25) is 4.79 Å². The molecule has 0 atom stereocenters. The molecule has 0 spiro atoms. The standard InChI is InChI=1S/C15H12F3NO3/c1-8-7-12(20)22-9(2)13(8)14(21)19-11-5-3-10(4-6-11)15(16,17)18/h3-7H,1-2H3,(H,19,21). The molecule has 1 amide bonds. The first-order valence-electron chi connectivity index (χ1n) is 6.28. The van der Waals surface area contributed by atoms with Gasteiger partial charge >= 0.3 is 11.8 Å². The van der Waals surface area contributed by atoms with Gasteiger partial charge in [-0.1, -0.05) is 0 Å². The summed E-state index contributed by atoms with van der Waals surface area (Å²) < 4.78 is 42.2. The van der Waals surface area contributed by atoms with Gasteiger partial charge in [0.15, 0.2) is 0 Å². The van der Waals surface area contributed by atoms with Gasteiger partial charge < -0.3 is 9.73 Å². The molecule has 0 fully saturated rings. The number of alkyl halides is 3. The normalized spacial score (nSPS) is 11.3. The Morgan fingerprint density at radius 3 is 2.23 bits per heavy atom. The van der Waals surface area contributed by atoms with Crippen LogP contribution in [-0.2, 0) is 6.18 Å². The molecule has 1 aromatic carbocycles. The zero-order chi connectivity index (χ0) is 16.5. The van der Waals surface area contributed by atoms with E-state index in [4.69, 9.17) is 4.42 Å². The van der Waals surface area contributed by atoms with Gasteiger partial charge in [0.25, 0.3) is 5.91 Å². The predicted octanol–water partition coefficient (Wildman–Crippen LogP) is 3.53. The molecule has 0 saturated carbocycles. The summed E-state index contributed by atoms with van der Waals surface area (Å²) in [6.07, 6.45) is -4.43. The Hall–Kier alpha value is -2.57. The summed E-state index contributed by atoms with van der Waals surface area (Å²) in [5, 5.41) is 2.47. The molecule has 2 rings (SSSR count). The van der Waals surface area contributed by atoms with Crippen molar-refractivity contribution in [3.8, 4) is 0 Å². The Morgan fingerprint density at radius 1 is 1.14 bits per heavy atom. The van der Waals surface area contributed by atoms with Crippen molar-refractivity contribution in [3.05, 3.63) is 63.2 Å². The number of benzene rings is 1. The third-order valence-electron chi connectivity index (χ3n) is 3.03. The maximum atomic E-state index is 12.5. The number of rotatable bonds is 2. The summed E-state index contributed by atoms with van der Waals surface area (Å²) in [4.78, 5) is 23.3. The maximum Gasteiger partial charge on any atom is 0.416 e. The molecule has 0 aliphatic heterocycles. The summed E-state index contributed by atoms with van der Waals surface area (Å²) in [5.74, 6) is -0.409. The number of halogens is 3. The van der Waals surface area contributed by atoms with Crippen molar-refractivity contribution in [2.75, 3.05) is 5.32 Å². The average molecular weight is 311 g/mol. The fourth-order valence-electron chi connectivity index (χ4n) is 2.03. The monoisotopic (exact) mass is 311 g/mol. The van der Waals surface area contributed by atoms with E-state index in [0.717, 1.165) is 24.3 Å². The molecule has 1 N–H and O–H groups in total. The number of hydrogen-bond acceptors (Lipinski definition) is 3. The lowest BCUT2D eigenvalue weighted by Crippen LogP contribution is -2.17. The van der Waals surface area contributed by atoms with Crippen LogP contribution < -0.4 is 10.9 Å². The van der Waals surface area contributed by atoms with Gasteiger partial charge in [0.1, 0.15) is 5.76 Å². The number of amides is 1. The fraction of sp³-hybridized carbons (Fsp3) is 0.200. The molecule has 2 aromatic rings. The van der Waals surface area contributed by atoms with Crippen LogP contribution in [0.4, 0.5) is 18.9 Å². The number of carbonyl (C=O) groups excluding carboxylic acids is 1. The summed E-state index contributed by atoms with van der Waals surface area (Å²) in [6, 6.07) is 5.24. The minimum atomic E-state index is -4.43. The van der Waals surface area contributed by atoms with Gasteiger partial charge in [-0.05, 0) is 43.7 Å². The highest BCUT2D eigenvalue weighted by molar-refractivity contribution is 6.05. The van der Waals surface area contributed by atoms with E-state index >= 15 is 0 Å². The van der Waals surface area contributed by atoms with Gasteiger partial charge in [-0.15, -0.1) is 0 Å². The van der Waals surface area contributed by atoms with Crippen LogP contribution in [0.2, 0.25) is 0 Å². The van der Waals surface area contributed by atoms with Gasteiger partial charge in [0.05, 0.1) is 11.1 Å². The predicted molar refractivity (Wildman–Crippen MR) is 73.8 cm³/mol. The average Bonchev–Trinajstić information content (AvgIpc) is 2.36. The molecule has 0 aliphatic rings. The first-order valence-corrected chi connectivity index (χ1v) is 6.28. The highest BCUT2D eigenvalue weighted by atomic mass is 19.4. The van der Waals surface area contributed by atoms with Gasteiger partial charge in [-0.25, -0.2) is 4.79 Å². The van der Waals surface area contributed by atoms with E-state index < -0.39 is 23.3 Å². The van der Waals surface area contributed by atoms with E-state index in [1.54, 1.807) is 6.92 Å². The van der Waals surface area contributed by atoms with Crippen molar-refractivity contribution in [1.82, 2.24) is 0 Å². The smallest absolute Gasteiger partial charge is 0.416 e. The first-order chi connectivity index (χ1) is 10.2. The molecule has 0 aliphatic carbocycles. The lowest BCUT2D eigenvalue weighted by Gasteiger charge is -2.10. The van der Waals surface area contributed by atoms with Crippen molar-refractivity contribution in [2.24, 2.45) is 0 Å². The molecule has 7 heteroatoms. The van der Waals surface area contributed by atoms with Crippen molar-refractivity contribution >= 4 is 11.6 Å². The number of carbonyl (C=O) groups is 1. The molecule has 1 heterocycles. The molecule has 116 valence electrons. The van der Waals surface area contributed by atoms with Crippen LogP contribution >= 0.6 is 0 Å². The Labute approximate surface area is 123 Å².